The zero-order chi connectivity index (χ0) is 14.4. The van der Waals surface area contributed by atoms with Crippen LogP contribution in [-0.4, -0.2) is 30.2 Å². The van der Waals surface area contributed by atoms with Crippen molar-refractivity contribution in [2.45, 2.75) is 6.54 Å². The first-order valence-corrected chi connectivity index (χ1v) is 6.01. The number of benzene rings is 1. The van der Waals surface area contributed by atoms with E-state index < -0.39 is 5.97 Å². The van der Waals surface area contributed by atoms with Crippen LogP contribution in [0.1, 0.15) is 16.2 Å². The summed E-state index contributed by atoms with van der Waals surface area (Å²) in [7, 11) is 2.92. The van der Waals surface area contributed by atoms with E-state index in [1.807, 2.05) is 24.3 Å². The zero-order valence-corrected chi connectivity index (χ0v) is 11.3. The highest BCUT2D eigenvalue weighted by molar-refractivity contribution is 5.85. The number of carbonyl (C=O) groups excluding carboxylic acids is 1. The fourth-order valence-corrected chi connectivity index (χ4v) is 1.58. The quantitative estimate of drug-likeness (QED) is 0.838. The first kappa shape index (κ1) is 13.8. The smallest absolute Gasteiger partial charge is 0.376 e. The average molecular weight is 273 g/mol. The molecule has 0 saturated heterocycles. The number of rotatable bonds is 5. The Hall–Kier alpha value is -2.63. The van der Waals surface area contributed by atoms with Crippen molar-refractivity contribution in [1.29, 1.82) is 0 Å². The van der Waals surface area contributed by atoms with Crippen molar-refractivity contribution in [3.05, 3.63) is 47.9 Å². The molecule has 1 aromatic carbocycles. The van der Waals surface area contributed by atoms with Gasteiger partial charge in [0.2, 0.25) is 5.82 Å². The molecule has 1 heterocycles. The summed E-state index contributed by atoms with van der Waals surface area (Å²) in [6.45, 7) is 0.585. The van der Waals surface area contributed by atoms with E-state index in [0.717, 1.165) is 11.3 Å². The number of hydrogen-bond acceptors (Lipinski definition) is 6. The standard InChI is InChI=1S/C14H15N3O3/c1-19-11-5-3-10(4-6-11)9-16-12-7-8-15-13(17-12)14(18)20-2/h3-8H,9H2,1-2H3,(H,15,16,17). The fourth-order valence-electron chi connectivity index (χ4n) is 1.58. The molecule has 2 rings (SSSR count). The number of carbonyl (C=O) groups is 1. The number of esters is 1. The van der Waals surface area contributed by atoms with Gasteiger partial charge in [0.25, 0.3) is 0 Å². The molecule has 0 saturated carbocycles. The van der Waals surface area contributed by atoms with Crippen molar-refractivity contribution in [2.75, 3.05) is 19.5 Å². The van der Waals surface area contributed by atoms with Crippen LogP contribution in [0, 0.1) is 0 Å². The normalized spacial score (nSPS) is 9.90. The molecule has 0 radical (unpaired) electrons. The monoisotopic (exact) mass is 273 g/mol. The van der Waals surface area contributed by atoms with Crippen molar-refractivity contribution >= 4 is 11.8 Å². The summed E-state index contributed by atoms with van der Waals surface area (Å²) in [4.78, 5) is 19.2. The third-order valence-corrected chi connectivity index (χ3v) is 2.66. The highest BCUT2D eigenvalue weighted by Crippen LogP contribution is 2.12. The second kappa shape index (κ2) is 6.51. The van der Waals surface area contributed by atoms with Gasteiger partial charge in [-0.3, -0.25) is 0 Å². The molecule has 0 aliphatic rings. The summed E-state index contributed by atoms with van der Waals surface area (Å²) >= 11 is 0. The van der Waals surface area contributed by atoms with Gasteiger partial charge < -0.3 is 14.8 Å². The topological polar surface area (TPSA) is 73.3 Å². The van der Waals surface area contributed by atoms with Crippen LogP contribution in [0.5, 0.6) is 5.75 Å². The Labute approximate surface area is 116 Å². The third-order valence-electron chi connectivity index (χ3n) is 2.66. The molecular weight excluding hydrogens is 258 g/mol. The molecule has 20 heavy (non-hydrogen) atoms. The van der Waals surface area contributed by atoms with Crippen molar-refractivity contribution in [1.82, 2.24) is 9.97 Å². The van der Waals surface area contributed by atoms with E-state index in [-0.39, 0.29) is 5.82 Å². The van der Waals surface area contributed by atoms with Crippen LogP contribution >= 0.6 is 0 Å². The van der Waals surface area contributed by atoms with E-state index in [2.05, 4.69) is 20.0 Å². The molecule has 0 aliphatic heterocycles. The van der Waals surface area contributed by atoms with Gasteiger partial charge in [-0.25, -0.2) is 14.8 Å². The maximum absolute atomic E-state index is 11.3. The van der Waals surface area contributed by atoms with Crippen LogP contribution in [0.25, 0.3) is 0 Å². The Kier molecular flexibility index (Phi) is 4.49. The number of aromatic nitrogens is 2. The van der Waals surface area contributed by atoms with Gasteiger partial charge in [-0.05, 0) is 23.8 Å². The lowest BCUT2D eigenvalue weighted by Gasteiger charge is -2.07. The summed E-state index contributed by atoms with van der Waals surface area (Å²) in [5.74, 6) is 0.852. The van der Waals surface area contributed by atoms with Gasteiger partial charge in [0, 0.05) is 12.7 Å². The Bertz CT molecular complexity index is 584. The largest absolute Gasteiger partial charge is 0.497 e. The number of methoxy groups -OCH3 is 2. The van der Waals surface area contributed by atoms with Crippen LogP contribution in [0.3, 0.4) is 0 Å². The minimum atomic E-state index is -0.557. The van der Waals surface area contributed by atoms with E-state index >= 15 is 0 Å². The van der Waals surface area contributed by atoms with Gasteiger partial charge in [-0.15, -0.1) is 0 Å². The van der Waals surface area contributed by atoms with Crippen molar-refractivity contribution in [3.63, 3.8) is 0 Å². The maximum atomic E-state index is 11.3. The van der Waals surface area contributed by atoms with E-state index in [0.29, 0.717) is 12.4 Å². The molecule has 0 atom stereocenters. The van der Waals surface area contributed by atoms with Crippen molar-refractivity contribution < 1.29 is 14.3 Å². The van der Waals surface area contributed by atoms with Gasteiger partial charge in [-0.1, -0.05) is 12.1 Å². The first-order valence-electron chi connectivity index (χ1n) is 6.01. The molecule has 6 nitrogen and oxygen atoms in total. The van der Waals surface area contributed by atoms with Crippen LogP contribution in [0.2, 0.25) is 0 Å². The molecule has 0 spiro atoms. The second-order valence-electron chi connectivity index (χ2n) is 3.96. The summed E-state index contributed by atoms with van der Waals surface area (Å²) in [6.07, 6.45) is 1.51. The molecule has 1 aromatic heterocycles. The molecule has 104 valence electrons. The van der Waals surface area contributed by atoms with Crippen molar-refractivity contribution in [3.8, 4) is 5.75 Å². The number of anilines is 1. The lowest BCUT2D eigenvalue weighted by molar-refractivity contribution is 0.0587. The number of nitrogens with one attached hydrogen (secondary N) is 1. The molecular formula is C14H15N3O3. The lowest BCUT2D eigenvalue weighted by atomic mass is 10.2. The Morgan fingerprint density at radius 2 is 1.95 bits per heavy atom. The minimum Gasteiger partial charge on any atom is -0.497 e. The van der Waals surface area contributed by atoms with Gasteiger partial charge in [0.05, 0.1) is 14.2 Å². The van der Waals surface area contributed by atoms with Crippen LogP contribution in [-0.2, 0) is 11.3 Å². The van der Waals surface area contributed by atoms with Gasteiger partial charge >= 0.3 is 5.97 Å². The number of nitrogens with zero attached hydrogens (tertiary/aromatic N) is 2. The van der Waals surface area contributed by atoms with E-state index in [4.69, 9.17) is 4.74 Å². The lowest BCUT2D eigenvalue weighted by Crippen LogP contribution is -2.09. The molecule has 0 bridgehead atoms. The SMILES string of the molecule is COC(=O)c1nccc(NCc2ccc(OC)cc2)n1. The van der Waals surface area contributed by atoms with Crippen LogP contribution in [0.4, 0.5) is 5.82 Å². The van der Waals surface area contributed by atoms with Crippen LogP contribution < -0.4 is 10.1 Å². The Morgan fingerprint density at radius 3 is 2.60 bits per heavy atom. The molecule has 0 unspecified atom stereocenters. The number of ether oxygens (including phenoxy) is 2. The van der Waals surface area contributed by atoms with Crippen molar-refractivity contribution in [2.24, 2.45) is 0 Å². The minimum absolute atomic E-state index is 0.0345. The van der Waals surface area contributed by atoms with Crippen LogP contribution in [0.15, 0.2) is 36.5 Å². The first-order chi connectivity index (χ1) is 9.72. The average Bonchev–Trinajstić information content (AvgIpc) is 2.53. The molecule has 0 fully saturated rings. The fraction of sp³-hybridized carbons (Fsp3) is 0.214. The molecule has 1 N–H and O–H groups in total. The highest BCUT2D eigenvalue weighted by atomic mass is 16.5. The molecule has 0 aliphatic carbocycles. The summed E-state index contributed by atoms with van der Waals surface area (Å²) in [6, 6.07) is 9.37. The summed E-state index contributed by atoms with van der Waals surface area (Å²) in [5, 5.41) is 3.12. The molecule has 6 heteroatoms. The number of hydrogen-bond donors (Lipinski definition) is 1. The van der Waals surface area contributed by atoms with Gasteiger partial charge in [-0.2, -0.15) is 0 Å². The highest BCUT2D eigenvalue weighted by Gasteiger charge is 2.09. The summed E-state index contributed by atoms with van der Waals surface area (Å²) in [5.41, 5.74) is 1.07. The Balaban J connectivity index is 2.01. The molecule has 0 amide bonds. The van der Waals surface area contributed by atoms with E-state index in [9.17, 15) is 4.79 Å². The van der Waals surface area contributed by atoms with Gasteiger partial charge in [0.15, 0.2) is 0 Å². The molecule has 2 aromatic rings. The van der Waals surface area contributed by atoms with Gasteiger partial charge in [0.1, 0.15) is 11.6 Å². The van der Waals surface area contributed by atoms with E-state index in [1.54, 1.807) is 13.2 Å². The zero-order valence-electron chi connectivity index (χ0n) is 11.3. The van der Waals surface area contributed by atoms with E-state index in [1.165, 1.54) is 13.3 Å². The second-order valence-corrected chi connectivity index (χ2v) is 3.96. The third kappa shape index (κ3) is 3.44. The summed E-state index contributed by atoms with van der Waals surface area (Å²) < 4.78 is 9.67. The predicted octanol–water partition coefficient (Wildman–Crippen LogP) is 1.88. The Morgan fingerprint density at radius 1 is 1.20 bits per heavy atom. The predicted molar refractivity (Wildman–Crippen MR) is 73.7 cm³/mol. The maximum Gasteiger partial charge on any atom is 0.376 e.